The topological polar surface area (TPSA) is 66.8 Å². The van der Waals surface area contributed by atoms with Gasteiger partial charge in [0.2, 0.25) is 5.91 Å². The highest BCUT2D eigenvalue weighted by molar-refractivity contribution is 6.11. The molecule has 0 radical (unpaired) electrons. The molecule has 1 N–H and O–H groups in total. The lowest BCUT2D eigenvalue weighted by Crippen LogP contribution is -2.32. The Morgan fingerprint density at radius 3 is 2.55 bits per heavy atom. The highest BCUT2D eigenvalue weighted by Crippen LogP contribution is 2.66. The highest BCUT2D eigenvalue weighted by atomic mass is 19.1. The number of carbonyl (C=O) groups excluding carboxylic acids is 1. The molecule has 5 nitrogen and oxygen atoms in total. The first-order valence-corrected chi connectivity index (χ1v) is 9.76. The van der Waals surface area contributed by atoms with E-state index >= 15 is 0 Å². The zero-order chi connectivity index (χ0) is 21.8. The van der Waals surface area contributed by atoms with Gasteiger partial charge in [-0.3, -0.25) is 4.79 Å². The third kappa shape index (κ3) is 3.04. The van der Waals surface area contributed by atoms with Crippen LogP contribution in [0.5, 0.6) is 5.75 Å². The Balaban J connectivity index is 1.58. The molecule has 1 spiro atoms. The third-order valence-corrected chi connectivity index (χ3v) is 6.09. The van der Waals surface area contributed by atoms with Crippen LogP contribution in [0.25, 0.3) is 0 Å². The zero-order valence-corrected chi connectivity index (χ0v) is 16.2. The van der Waals surface area contributed by atoms with Crippen molar-refractivity contribution >= 4 is 17.7 Å². The fourth-order valence-electron chi connectivity index (χ4n) is 4.59. The van der Waals surface area contributed by atoms with Crippen molar-refractivity contribution in [2.45, 2.75) is 24.3 Å². The molecule has 0 aromatic heterocycles. The molecule has 1 amide bonds. The van der Waals surface area contributed by atoms with Crippen molar-refractivity contribution in [1.29, 1.82) is 0 Å². The Hall–Kier alpha value is -3.74. The number of hydrogen-bond acceptors (Lipinski definition) is 3. The number of anilines is 1. The molecule has 7 heteroatoms. The van der Waals surface area contributed by atoms with Gasteiger partial charge in [-0.15, -0.1) is 0 Å². The van der Waals surface area contributed by atoms with Crippen molar-refractivity contribution in [2.24, 2.45) is 0 Å². The van der Waals surface area contributed by atoms with Crippen LogP contribution in [0.1, 0.15) is 29.0 Å². The van der Waals surface area contributed by atoms with Gasteiger partial charge in [-0.05, 0) is 53.9 Å². The molecule has 1 aliphatic carbocycles. The molecule has 1 aliphatic heterocycles. The maximum absolute atomic E-state index is 14.3. The monoisotopic (exact) mass is 421 g/mol. The number of rotatable bonds is 4. The summed E-state index contributed by atoms with van der Waals surface area (Å²) in [6.07, 6.45) is -0.957. The summed E-state index contributed by atoms with van der Waals surface area (Å²) in [6.45, 7) is 0.0511. The zero-order valence-electron chi connectivity index (χ0n) is 16.2. The van der Waals surface area contributed by atoms with E-state index in [1.165, 1.54) is 29.2 Å². The molecule has 1 heterocycles. The molecule has 1 saturated carbocycles. The van der Waals surface area contributed by atoms with E-state index in [4.69, 9.17) is 9.84 Å². The van der Waals surface area contributed by atoms with Gasteiger partial charge in [0.15, 0.2) is 0 Å². The minimum Gasteiger partial charge on any atom is -0.449 e. The van der Waals surface area contributed by atoms with Gasteiger partial charge in [0.25, 0.3) is 0 Å². The van der Waals surface area contributed by atoms with Crippen LogP contribution in [0.4, 0.5) is 19.3 Å². The Morgan fingerprint density at radius 2 is 1.84 bits per heavy atom. The summed E-state index contributed by atoms with van der Waals surface area (Å²) >= 11 is 0. The largest absolute Gasteiger partial charge is 0.511 e. The van der Waals surface area contributed by atoms with E-state index in [-0.39, 0.29) is 29.9 Å². The quantitative estimate of drug-likeness (QED) is 0.476. The van der Waals surface area contributed by atoms with Crippen LogP contribution < -0.4 is 9.64 Å². The number of fused-ring (bicyclic) bond motifs is 2. The van der Waals surface area contributed by atoms with E-state index in [0.717, 1.165) is 5.56 Å². The van der Waals surface area contributed by atoms with Gasteiger partial charge in [-0.2, -0.15) is 0 Å². The van der Waals surface area contributed by atoms with Gasteiger partial charge in [-0.1, -0.05) is 30.3 Å². The molecule has 2 aliphatic rings. The lowest BCUT2D eigenvalue weighted by molar-refractivity contribution is -0.120. The number of carbonyl (C=O) groups is 2. The van der Waals surface area contributed by atoms with E-state index in [2.05, 4.69) is 0 Å². The average molecular weight is 421 g/mol. The molecule has 3 aromatic rings. The van der Waals surface area contributed by atoms with E-state index < -0.39 is 17.4 Å². The van der Waals surface area contributed by atoms with Crippen molar-refractivity contribution in [3.63, 3.8) is 0 Å². The molecule has 0 bridgehead atoms. The second kappa shape index (κ2) is 6.91. The van der Waals surface area contributed by atoms with Gasteiger partial charge in [0, 0.05) is 17.2 Å². The molecule has 1 fully saturated rings. The molecular weight excluding hydrogens is 404 g/mol. The second-order valence-corrected chi connectivity index (χ2v) is 7.81. The third-order valence-electron chi connectivity index (χ3n) is 6.09. The Kier molecular flexibility index (Phi) is 4.28. The van der Waals surface area contributed by atoms with Crippen molar-refractivity contribution in [2.75, 3.05) is 4.90 Å². The summed E-state index contributed by atoms with van der Waals surface area (Å²) in [7, 11) is 0. The molecule has 0 saturated heterocycles. The predicted molar refractivity (Wildman–Crippen MR) is 108 cm³/mol. The Labute approximate surface area is 176 Å². The van der Waals surface area contributed by atoms with Crippen LogP contribution in [0.3, 0.4) is 0 Å². The van der Waals surface area contributed by atoms with Crippen molar-refractivity contribution in [3.05, 3.63) is 95.1 Å². The van der Waals surface area contributed by atoms with Gasteiger partial charge in [0.1, 0.15) is 17.4 Å². The predicted octanol–water partition coefficient (Wildman–Crippen LogP) is 4.99. The number of ether oxygens (including phenoxy) is 1. The van der Waals surface area contributed by atoms with E-state index in [9.17, 15) is 18.4 Å². The first kappa shape index (κ1) is 19.2. The Morgan fingerprint density at radius 1 is 1.10 bits per heavy atom. The molecule has 5 rings (SSSR count). The van der Waals surface area contributed by atoms with Crippen LogP contribution in [0.2, 0.25) is 0 Å². The van der Waals surface area contributed by atoms with Crippen LogP contribution in [-0.4, -0.2) is 17.2 Å². The van der Waals surface area contributed by atoms with E-state index in [1.54, 1.807) is 42.5 Å². The fraction of sp³-hybridized carbons (Fsp3) is 0.167. The lowest BCUT2D eigenvalue weighted by Gasteiger charge is -2.19. The molecule has 156 valence electrons. The summed E-state index contributed by atoms with van der Waals surface area (Å²) < 4.78 is 32.5. The number of carboxylic acid groups (broad SMARTS) is 1. The van der Waals surface area contributed by atoms with Crippen molar-refractivity contribution in [3.8, 4) is 5.75 Å². The van der Waals surface area contributed by atoms with Gasteiger partial charge in [0.05, 0.1) is 12.0 Å². The number of nitrogens with zero attached hydrogens (tertiary/aromatic N) is 1. The van der Waals surface area contributed by atoms with Gasteiger partial charge >= 0.3 is 6.16 Å². The maximum Gasteiger partial charge on any atom is 0.511 e. The molecule has 31 heavy (non-hydrogen) atoms. The first-order chi connectivity index (χ1) is 14.9. The summed E-state index contributed by atoms with van der Waals surface area (Å²) in [4.78, 5) is 26.1. The summed E-state index contributed by atoms with van der Waals surface area (Å²) in [5.74, 6) is -1.04. The number of halogens is 2. The first-order valence-electron chi connectivity index (χ1n) is 9.76. The number of benzene rings is 3. The molecule has 3 aromatic carbocycles. The minimum atomic E-state index is -1.45. The van der Waals surface area contributed by atoms with E-state index in [0.29, 0.717) is 23.2 Å². The molecule has 2 atom stereocenters. The summed E-state index contributed by atoms with van der Waals surface area (Å²) in [5, 5.41) is 8.97. The van der Waals surface area contributed by atoms with E-state index in [1.807, 2.05) is 0 Å². The van der Waals surface area contributed by atoms with Crippen LogP contribution >= 0.6 is 0 Å². The molecule has 0 unspecified atom stereocenters. The van der Waals surface area contributed by atoms with Crippen LogP contribution in [-0.2, 0) is 16.8 Å². The standard InChI is InChI=1S/C24H17F2NO4/c25-16-7-5-14(6-8-16)19-12-24(19)18-11-17(31-23(29)30)9-10-21(18)27(22(24)28)13-15-3-1-2-4-20(15)26/h1-11,19H,12-13H2,(H,29,30)/t19-,24+/m0/s1. The average Bonchev–Trinajstić information content (AvgIpc) is 3.45. The van der Waals surface area contributed by atoms with Crippen molar-refractivity contribution < 1.29 is 28.2 Å². The summed E-state index contributed by atoms with van der Waals surface area (Å²) in [6, 6.07) is 16.9. The maximum atomic E-state index is 14.3. The van der Waals surface area contributed by atoms with Crippen molar-refractivity contribution in [1.82, 2.24) is 0 Å². The minimum absolute atomic E-state index is 0.0511. The summed E-state index contributed by atoms with van der Waals surface area (Å²) in [5.41, 5.74) is 1.52. The Bertz CT molecular complexity index is 1210. The normalized spacial score (nSPS) is 21.3. The second-order valence-electron chi connectivity index (χ2n) is 7.81. The number of amides is 1. The van der Waals surface area contributed by atoms with Crippen LogP contribution in [0.15, 0.2) is 66.7 Å². The van der Waals surface area contributed by atoms with Crippen LogP contribution in [0, 0.1) is 11.6 Å². The number of hydrogen-bond donors (Lipinski definition) is 1. The fourth-order valence-corrected chi connectivity index (χ4v) is 4.59. The molecular formula is C24H17F2NO4. The SMILES string of the molecule is O=C(O)Oc1ccc2c(c1)[C@@]1(C[C@H]1c1ccc(F)cc1)C(=O)N2Cc1ccccc1F. The van der Waals surface area contributed by atoms with Gasteiger partial charge in [-0.25, -0.2) is 13.6 Å². The van der Waals surface area contributed by atoms with Gasteiger partial charge < -0.3 is 14.7 Å². The lowest BCUT2D eigenvalue weighted by atomic mass is 9.92. The highest BCUT2D eigenvalue weighted by Gasteiger charge is 2.67. The smallest absolute Gasteiger partial charge is 0.449 e.